The van der Waals surface area contributed by atoms with Gasteiger partial charge in [-0.1, -0.05) is 12.1 Å². The molecule has 1 aromatic carbocycles. The monoisotopic (exact) mass is 207 g/mol. The number of hydrogen-bond donors (Lipinski definition) is 0. The molecule has 1 rings (SSSR count). The molecule has 0 spiro atoms. The second-order valence-corrected chi connectivity index (χ2v) is 3.11. The Morgan fingerprint density at radius 1 is 1.40 bits per heavy atom. The summed E-state index contributed by atoms with van der Waals surface area (Å²) in [4.78, 5) is 31.9. The van der Waals surface area contributed by atoms with Crippen LogP contribution in [0, 0.1) is 10.1 Å². The minimum Gasteiger partial charge on any atom is -0.300 e. The zero-order valence-corrected chi connectivity index (χ0v) is 8.10. The third-order valence-corrected chi connectivity index (χ3v) is 1.79. The van der Waals surface area contributed by atoms with Crippen LogP contribution in [0.3, 0.4) is 0 Å². The Labute approximate surface area is 85.9 Å². The summed E-state index contributed by atoms with van der Waals surface area (Å²) in [6, 6.07) is 5.35. The van der Waals surface area contributed by atoms with Crippen molar-refractivity contribution >= 4 is 17.3 Å². The molecule has 0 amide bonds. The van der Waals surface area contributed by atoms with E-state index in [0.717, 1.165) is 0 Å². The summed E-state index contributed by atoms with van der Waals surface area (Å²) in [7, 11) is 0. The lowest BCUT2D eigenvalue weighted by molar-refractivity contribution is -0.384. The molecule has 0 bridgehead atoms. The number of nitro groups is 1. The van der Waals surface area contributed by atoms with Gasteiger partial charge in [-0.15, -0.1) is 0 Å². The van der Waals surface area contributed by atoms with E-state index in [-0.39, 0.29) is 23.5 Å². The summed E-state index contributed by atoms with van der Waals surface area (Å²) in [5.41, 5.74) is 0.0452. The van der Waals surface area contributed by atoms with Gasteiger partial charge in [0.25, 0.3) is 5.69 Å². The molecule has 0 N–H and O–H groups in total. The highest BCUT2D eigenvalue weighted by atomic mass is 16.6. The minimum atomic E-state index is -0.579. The van der Waals surface area contributed by atoms with Crippen molar-refractivity contribution in [3.63, 3.8) is 0 Å². The van der Waals surface area contributed by atoms with E-state index >= 15 is 0 Å². The molecule has 5 nitrogen and oxygen atoms in total. The Balaban J connectivity index is 2.95. The molecule has 15 heavy (non-hydrogen) atoms. The molecule has 0 unspecified atom stereocenters. The molecule has 0 aliphatic rings. The normalized spacial score (nSPS) is 9.67. The molecule has 0 saturated heterocycles. The second kappa shape index (κ2) is 4.45. The van der Waals surface area contributed by atoms with Crippen molar-refractivity contribution in [2.24, 2.45) is 0 Å². The molecule has 1 aromatic rings. The van der Waals surface area contributed by atoms with Crippen molar-refractivity contribution in [1.82, 2.24) is 0 Å². The number of rotatable bonds is 4. The van der Waals surface area contributed by atoms with Crippen LogP contribution < -0.4 is 0 Å². The number of nitro benzene ring substituents is 1. The summed E-state index contributed by atoms with van der Waals surface area (Å²) in [5.74, 6) is -0.655. The lowest BCUT2D eigenvalue weighted by Gasteiger charge is -1.97. The first-order valence-electron chi connectivity index (χ1n) is 4.28. The van der Waals surface area contributed by atoms with E-state index in [9.17, 15) is 19.7 Å². The van der Waals surface area contributed by atoms with Gasteiger partial charge in [0.2, 0.25) is 0 Å². The highest BCUT2D eigenvalue weighted by Crippen LogP contribution is 2.14. The zero-order valence-electron chi connectivity index (χ0n) is 8.10. The summed E-state index contributed by atoms with van der Waals surface area (Å²) in [6.45, 7) is 1.30. The third kappa shape index (κ3) is 2.98. The minimum absolute atomic E-state index is 0.149. The SMILES string of the molecule is CC(=O)CC(=O)c1cccc([N+](=O)[O-])c1. The topological polar surface area (TPSA) is 77.3 Å². The average Bonchev–Trinajstić information content (AvgIpc) is 2.17. The first kappa shape index (κ1) is 11.0. The summed E-state index contributed by atoms with van der Waals surface area (Å²) < 4.78 is 0. The number of non-ortho nitro benzene ring substituents is 1. The van der Waals surface area contributed by atoms with Gasteiger partial charge in [0.05, 0.1) is 11.3 Å². The molecule has 0 radical (unpaired) electrons. The standard InChI is InChI=1S/C10H9NO4/c1-7(12)5-10(13)8-3-2-4-9(6-8)11(14)15/h2-4,6H,5H2,1H3. The Hall–Kier alpha value is -2.04. The first-order valence-corrected chi connectivity index (χ1v) is 4.28. The van der Waals surface area contributed by atoms with Gasteiger partial charge < -0.3 is 0 Å². The second-order valence-electron chi connectivity index (χ2n) is 3.11. The molecule has 0 aliphatic carbocycles. The third-order valence-electron chi connectivity index (χ3n) is 1.79. The number of ketones is 2. The predicted octanol–water partition coefficient (Wildman–Crippen LogP) is 1.76. The van der Waals surface area contributed by atoms with E-state index in [4.69, 9.17) is 0 Å². The van der Waals surface area contributed by atoms with E-state index in [2.05, 4.69) is 0 Å². The molecular formula is C10H9NO4. The van der Waals surface area contributed by atoms with Crippen LogP contribution in [0.25, 0.3) is 0 Å². The van der Waals surface area contributed by atoms with E-state index in [0.29, 0.717) is 0 Å². The van der Waals surface area contributed by atoms with Crippen LogP contribution in [0.4, 0.5) is 5.69 Å². The first-order chi connectivity index (χ1) is 7.00. The molecule has 0 fully saturated rings. The van der Waals surface area contributed by atoms with Crippen molar-refractivity contribution in [2.45, 2.75) is 13.3 Å². The highest BCUT2D eigenvalue weighted by molar-refractivity contribution is 6.07. The van der Waals surface area contributed by atoms with Crippen LogP contribution in [-0.4, -0.2) is 16.5 Å². The molecule has 0 atom stereocenters. The summed E-state index contributed by atoms with van der Waals surface area (Å²) >= 11 is 0. The number of carbonyl (C=O) groups excluding carboxylic acids is 2. The number of benzene rings is 1. The van der Waals surface area contributed by atoms with Crippen LogP contribution in [0.5, 0.6) is 0 Å². The number of carbonyl (C=O) groups is 2. The highest BCUT2D eigenvalue weighted by Gasteiger charge is 2.12. The predicted molar refractivity (Wildman–Crippen MR) is 52.7 cm³/mol. The van der Waals surface area contributed by atoms with Crippen molar-refractivity contribution < 1.29 is 14.5 Å². The van der Waals surface area contributed by atoms with Crippen molar-refractivity contribution in [3.8, 4) is 0 Å². The van der Waals surface area contributed by atoms with Crippen molar-refractivity contribution in [1.29, 1.82) is 0 Å². The lowest BCUT2D eigenvalue weighted by atomic mass is 10.1. The van der Waals surface area contributed by atoms with Gasteiger partial charge in [-0.2, -0.15) is 0 Å². The maximum Gasteiger partial charge on any atom is 0.270 e. The summed E-state index contributed by atoms with van der Waals surface area (Å²) in [5, 5.41) is 10.4. The smallest absolute Gasteiger partial charge is 0.270 e. The van der Waals surface area contributed by atoms with Crippen molar-refractivity contribution in [2.75, 3.05) is 0 Å². The molecule has 5 heteroatoms. The van der Waals surface area contributed by atoms with Gasteiger partial charge >= 0.3 is 0 Å². The van der Waals surface area contributed by atoms with E-state index < -0.39 is 10.7 Å². The van der Waals surface area contributed by atoms with Gasteiger partial charge in [-0.05, 0) is 6.92 Å². The Morgan fingerprint density at radius 3 is 2.60 bits per heavy atom. The number of nitrogens with zero attached hydrogens (tertiary/aromatic N) is 1. The van der Waals surface area contributed by atoms with Crippen LogP contribution in [0.1, 0.15) is 23.7 Å². The lowest BCUT2D eigenvalue weighted by Crippen LogP contribution is -2.05. The van der Waals surface area contributed by atoms with Gasteiger partial charge in [-0.3, -0.25) is 19.7 Å². The molecule has 0 aromatic heterocycles. The molecule has 0 aliphatic heterocycles. The van der Waals surface area contributed by atoms with Crippen LogP contribution in [0.15, 0.2) is 24.3 Å². The Kier molecular flexibility index (Phi) is 3.28. The van der Waals surface area contributed by atoms with E-state index in [1.165, 1.54) is 31.2 Å². The Morgan fingerprint density at radius 2 is 2.07 bits per heavy atom. The molecule has 0 saturated carbocycles. The van der Waals surface area contributed by atoms with Gasteiger partial charge in [0, 0.05) is 17.7 Å². The van der Waals surface area contributed by atoms with Crippen molar-refractivity contribution in [3.05, 3.63) is 39.9 Å². The molecular weight excluding hydrogens is 198 g/mol. The van der Waals surface area contributed by atoms with Gasteiger partial charge in [0.15, 0.2) is 5.78 Å². The fourth-order valence-electron chi connectivity index (χ4n) is 1.12. The number of hydrogen-bond acceptors (Lipinski definition) is 4. The zero-order chi connectivity index (χ0) is 11.4. The maximum absolute atomic E-state index is 11.4. The maximum atomic E-state index is 11.4. The quantitative estimate of drug-likeness (QED) is 0.326. The van der Waals surface area contributed by atoms with Gasteiger partial charge in [0.1, 0.15) is 5.78 Å². The van der Waals surface area contributed by atoms with Crippen LogP contribution in [0.2, 0.25) is 0 Å². The fourth-order valence-corrected chi connectivity index (χ4v) is 1.12. The summed E-state index contributed by atoms with van der Waals surface area (Å²) in [6.07, 6.45) is -0.221. The van der Waals surface area contributed by atoms with E-state index in [1.54, 1.807) is 0 Å². The van der Waals surface area contributed by atoms with Crippen LogP contribution >= 0.6 is 0 Å². The fraction of sp³-hybridized carbons (Fsp3) is 0.200. The van der Waals surface area contributed by atoms with E-state index in [1.807, 2.05) is 0 Å². The van der Waals surface area contributed by atoms with Crippen LogP contribution in [-0.2, 0) is 4.79 Å². The average molecular weight is 207 g/mol. The van der Waals surface area contributed by atoms with Gasteiger partial charge in [-0.25, -0.2) is 0 Å². The number of Topliss-reactive ketones (excluding diaryl/α,β-unsaturated/α-hetero) is 2. The molecule has 0 heterocycles. The Bertz CT molecular complexity index is 425. The largest absolute Gasteiger partial charge is 0.300 e. The molecule has 78 valence electrons.